The molecule has 4 heteroatoms. The second-order valence-electron chi connectivity index (χ2n) is 5.05. The molecule has 0 radical (unpaired) electrons. The van der Waals surface area contributed by atoms with Crippen molar-refractivity contribution >= 4 is 17.3 Å². The van der Waals surface area contributed by atoms with Crippen LogP contribution in [0, 0.1) is 12.3 Å². The van der Waals surface area contributed by atoms with E-state index in [1.54, 1.807) is 0 Å². The molecule has 2 aliphatic rings. The highest BCUT2D eigenvalue weighted by Crippen LogP contribution is 2.26. The summed E-state index contributed by atoms with van der Waals surface area (Å²) in [7, 11) is 0. The molecule has 3 rings (SSSR count). The smallest absolute Gasteiger partial charge is 0.144 e. The van der Waals surface area contributed by atoms with Crippen LogP contribution in [-0.4, -0.2) is 30.2 Å². The number of hydrogen-bond acceptors (Lipinski definition) is 3. The summed E-state index contributed by atoms with van der Waals surface area (Å²) in [5, 5.41) is 4.08. The van der Waals surface area contributed by atoms with Gasteiger partial charge in [0.25, 0.3) is 0 Å². The fourth-order valence-corrected chi connectivity index (χ4v) is 3.05. The van der Waals surface area contributed by atoms with Gasteiger partial charge in [0.1, 0.15) is 5.15 Å². The molecule has 0 amide bonds. The van der Waals surface area contributed by atoms with Gasteiger partial charge in [0.15, 0.2) is 0 Å². The van der Waals surface area contributed by atoms with Gasteiger partial charge in [0.05, 0.1) is 17.4 Å². The lowest BCUT2D eigenvalue weighted by atomic mass is 10.1. The average molecular weight is 262 g/mol. The van der Waals surface area contributed by atoms with E-state index < -0.39 is 0 Å². The van der Waals surface area contributed by atoms with E-state index >= 15 is 0 Å². The van der Waals surface area contributed by atoms with Gasteiger partial charge in [-0.1, -0.05) is 17.5 Å². The fourth-order valence-electron chi connectivity index (χ4n) is 2.89. The summed E-state index contributed by atoms with van der Waals surface area (Å²) in [5.74, 6) is 2.59. The number of hydrogen-bond donors (Lipinski definition) is 1. The van der Waals surface area contributed by atoms with Gasteiger partial charge in [0.2, 0.25) is 0 Å². The summed E-state index contributed by atoms with van der Waals surface area (Å²) < 4.78 is 0. The van der Waals surface area contributed by atoms with Crippen molar-refractivity contribution in [3.63, 3.8) is 0 Å². The molecule has 0 aliphatic carbocycles. The topological polar surface area (TPSA) is 28.2 Å². The third-order valence-electron chi connectivity index (χ3n) is 3.87. The minimum atomic E-state index is 0.413. The average Bonchev–Trinajstić information content (AvgIpc) is 2.70. The SMILES string of the molecule is C#Cc1cc(N2CC[C@H]3CC[C@@H](C2)N3)cnc1Cl. The Morgan fingerprint density at radius 2 is 2.22 bits per heavy atom. The van der Waals surface area contributed by atoms with Gasteiger partial charge in [-0.25, -0.2) is 4.98 Å². The number of nitrogens with one attached hydrogen (secondary N) is 1. The van der Waals surface area contributed by atoms with Crippen molar-refractivity contribution in [2.45, 2.75) is 31.3 Å². The largest absolute Gasteiger partial charge is 0.369 e. The predicted molar refractivity (Wildman–Crippen MR) is 74.0 cm³/mol. The summed E-state index contributed by atoms with van der Waals surface area (Å²) in [6, 6.07) is 3.25. The summed E-state index contributed by atoms with van der Waals surface area (Å²) in [4.78, 5) is 6.54. The zero-order valence-corrected chi connectivity index (χ0v) is 11.0. The molecule has 2 bridgehead atoms. The summed E-state index contributed by atoms with van der Waals surface area (Å²) >= 11 is 5.95. The first-order valence-electron chi connectivity index (χ1n) is 6.39. The lowest BCUT2D eigenvalue weighted by Gasteiger charge is -2.26. The molecule has 2 saturated heterocycles. The Kier molecular flexibility index (Phi) is 3.15. The highest BCUT2D eigenvalue weighted by Gasteiger charge is 2.29. The zero-order valence-electron chi connectivity index (χ0n) is 10.2. The van der Waals surface area contributed by atoms with Crippen molar-refractivity contribution in [1.29, 1.82) is 0 Å². The highest BCUT2D eigenvalue weighted by molar-refractivity contribution is 6.30. The van der Waals surface area contributed by atoms with E-state index in [1.807, 2.05) is 12.3 Å². The van der Waals surface area contributed by atoms with Crippen LogP contribution in [0.2, 0.25) is 5.15 Å². The maximum Gasteiger partial charge on any atom is 0.144 e. The minimum Gasteiger partial charge on any atom is -0.369 e. The second-order valence-corrected chi connectivity index (χ2v) is 5.41. The highest BCUT2D eigenvalue weighted by atomic mass is 35.5. The lowest BCUT2D eigenvalue weighted by Crippen LogP contribution is -2.35. The van der Waals surface area contributed by atoms with Crippen LogP contribution in [0.15, 0.2) is 12.3 Å². The van der Waals surface area contributed by atoms with Crippen molar-refractivity contribution in [3.8, 4) is 12.3 Å². The molecular weight excluding hydrogens is 246 g/mol. The first-order chi connectivity index (χ1) is 8.76. The van der Waals surface area contributed by atoms with Crippen LogP contribution in [0.3, 0.4) is 0 Å². The van der Waals surface area contributed by atoms with Crippen molar-refractivity contribution in [2.75, 3.05) is 18.0 Å². The van der Waals surface area contributed by atoms with E-state index in [0.717, 1.165) is 18.8 Å². The Labute approximate surface area is 113 Å². The van der Waals surface area contributed by atoms with Crippen molar-refractivity contribution in [3.05, 3.63) is 23.0 Å². The quantitative estimate of drug-likeness (QED) is 0.620. The van der Waals surface area contributed by atoms with E-state index in [4.69, 9.17) is 18.0 Å². The molecule has 0 aromatic carbocycles. The molecule has 3 nitrogen and oxygen atoms in total. The number of aromatic nitrogens is 1. The number of anilines is 1. The molecule has 2 fully saturated rings. The standard InChI is InChI=1S/C14H16ClN3/c1-2-10-7-13(8-16-14(10)15)18-6-5-11-3-4-12(9-18)17-11/h1,7-8,11-12,17H,3-6,9H2/t11-,12+/m1/s1. The number of rotatable bonds is 1. The van der Waals surface area contributed by atoms with Crippen molar-refractivity contribution in [1.82, 2.24) is 10.3 Å². The molecule has 94 valence electrons. The predicted octanol–water partition coefficient (Wildman–Crippen LogP) is 2.05. The van der Waals surface area contributed by atoms with Crippen LogP contribution in [0.5, 0.6) is 0 Å². The Morgan fingerprint density at radius 1 is 1.39 bits per heavy atom. The third-order valence-corrected chi connectivity index (χ3v) is 4.17. The summed E-state index contributed by atoms with van der Waals surface area (Å²) in [5.41, 5.74) is 1.76. The van der Waals surface area contributed by atoms with E-state index in [0.29, 0.717) is 22.8 Å². The second kappa shape index (κ2) is 4.79. The Morgan fingerprint density at radius 3 is 3.06 bits per heavy atom. The van der Waals surface area contributed by atoms with Crippen LogP contribution in [0.4, 0.5) is 5.69 Å². The monoisotopic (exact) mass is 261 g/mol. The number of pyridine rings is 1. The molecule has 2 aliphatic heterocycles. The molecule has 3 heterocycles. The lowest BCUT2D eigenvalue weighted by molar-refractivity contribution is 0.563. The first-order valence-corrected chi connectivity index (χ1v) is 6.77. The van der Waals surface area contributed by atoms with Crippen LogP contribution in [-0.2, 0) is 0 Å². The fraction of sp³-hybridized carbons (Fsp3) is 0.500. The van der Waals surface area contributed by atoms with Crippen LogP contribution in [0.25, 0.3) is 0 Å². The normalized spacial score (nSPS) is 26.8. The van der Waals surface area contributed by atoms with Gasteiger partial charge in [-0.2, -0.15) is 0 Å². The maximum atomic E-state index is 5.95. The Balaban J connectivity index is 1.84. The molecule has 1 aromatic heterocycles. The molecule has 1 N–H and O–H groups in total. The van der Waals surface area contributed by atoms with Gasteiger partial charge < -0.3 is 10.2 Å². The van der Waals surface area contributed by atoms with E-state index in [2.05, 4.69) is 21.1 Å². The maximum absolute atomic E-state index is 5.95. The van der Waals surface area contributed by atoms with Crippen molar-refractivity contribution < 1.29 is 0 Å². The molecular formula is C14H16ClN3. The first kappa shape index (κ1) is 11.8. The molecule has 0 spiro atoms. The van der Waals surface area contributed by atoms with Gasteiger partial charge >= 0.3 is 0 Å². The van der Waals surface area contributed by atoms with Crippen LogP contribution < -0.4 is 10.2 Å². The summed E-state index contributed by atoms with van der Waals surface area (Å²) in [6.07, 6.45) is 11.0. The van der Waals surface area contributed by atoms with Gasteiger partial charge in [-0.05, 0) is 25.3 Å². The summed E-state index contributed by atoms with van der Waals surface area (Å²) in [6.45, 7) is 2.09. The van der Waals surface area contributed by atoms with Gasteiger partial charge in [0, 0.05) is 25.2 Å². The molecule has 18 heavy (non-hydrogen) atoms. The van der Waals surface area contributed by atoms with Crippen LogP contribution in [0.1, 0.15) is 24.8 Å². The van der Waals surface area contributed by atoms with E-state index in [1.165, 1.54) is 19.3 Å². The van der Waals surface area contributed by atoms with Crippen LogP contribution >= 0.6 is 11.6 Å². The number of fused-ring (bicyclic) bond motifs is 2. The minimum absolute atomic E-state index is 0.413. The van der Waals surface area contributed by atoms with Gasteiger partial charge in [-0.3, -0.25) is 0 Å². The Bertz CT molecular complexity index is 494. The molecule has 1 aromatic rings. The van der Waals surface area contributed by atoms with Crippen molar-refractivity contribution in [2.24, 2.45) is 0 Å². The number of halogens is 1. The van der Waals surface area contributed by atoms with E-state index in [-0.39, 0.29) is 0 Å². The third kappa shape index (κ3) is 2.19. The Hall–Kier alpha value is -1.24. The molecule has 2 atom stereocenters. The van der Waals surface area contributed by atoms with Gasteiger partial charge in [-0.15, -0.1) is 6.42 Å². The van der Waals surface area contributed by atoms with E-state index in [9.17, 15) is 0 Å². The zero-order chi connectivity index (χ0) is 12.5. The number of nitrogens with zero attached hydrogens (tertiary/aromatic N) is 2. The molecule has 0 unspecified atom stereocenters. The number of terminal acetylenes is 1. The molecule has 0 saturated carbocycles.